The number of hydrogen-bond acceptors (Lipinski definition) is 2. The van der Waals surface area contributed by atoms with Gasteiger partial charge in [-0.15, -0.1) is 0 Å². The predicted octanol–water partition coefficient (Wildman–Crippen LogP) is 21.9. The van der Waals surface area contributed by atoms with Crippen molar-refractivity contribution < 1.29 is 0 Å². The van der Waals surface area contributed by atoms with Gasteiger partial charge in [0, 0.05) is 90.8 Å². The second-order valence-electron chi connectivity index (χ2n) is 21.1. The molecular weight excluding hydrogens is 945 g/mol. The molecule has 0 amide bonds. The van der Waals surface area contributed by atoms with Crippen LogP contribution in [0.5, 0.6) is 0 Å². The summed E-state index contributed by atoms with van der Waals surface area (Å²) in [7, 11) is 0. The highest BCUT2D eigenvalue weighted by Crippen LogP contribution is 2.40. The van der Waals surface area contributed by atoms with Crippen LogP contribution >= 0.6 is 0 Å². The molecule has 4 nitrogen and oxygen atoms in total. The summed E-state index contributed by atoms with van der Waals surface area (Å²) < 4.78 is 5.30. The van der Waals surface area contributed by atoms with E-state index in [9.17, 15) is 0 Å². The van der Waals surface area contributed by atoms with E-state index in [1.807, 2.05) is 0 Å². The van der Waals surface area contributed by atoms with E-state index in [4.69, 9.17) is 0 Å². The Morgan fingerprint density at radius 3 is 0.897 bits per heavy atom. The van der Waals surface area contributed by atoms with Gasteiger partial charge in [-0.3, -0.25) is 0 Å². The fourth-order valence-corrected chi connectivity index (χ4v) is 11.6. The average Bonchev–Trinajstić information content (AvgIpc) is 4.20. The fourth-order valence-electron chi connectivity index (χ4n) is 11.6. The van der Waals surface area contributed by atoms with Gasteiger partial charge in [-0.2, -0.15) is 0 Å². The molecule has 0 N–H and O–H groups in total. The van der Waals surface area contributed by atoms with Crippen molar-refractivity contribution in [2.45, 2.75) is 104 Å². The molecule has 0 aliphatic carbocycles. The summed E-state index contributed by atoms with van der Waals surface area (Å²) in [6.07, 6.45) is 24.4. The second-order valence-corrected chi connectivity index (χ2v) is 21.1. The Kier molecular flexibility index (Phi) is 16.7. The van der Waals surface area contributed by atoms with E-state index in [1.165, 1.54) is 143 Å². The molecule has 0 bridgehead atoms. The summed E-state index contributed by atoms with van der Waals surface area (Å²) in [6, 6.07) is 79.7. The molecule has 0 aliphatic rings. The van der Waals surface area contributed by atoms with E-state index in [0.29, 0.717) is 0 Å². The molecule has 0 unspecified atom stereocenters. The number of aryl methyl sites for hydroxylation is 2. The monoisotopic (exact) mass is 1020 g/mol. The van der Waals surface area contributed by atoms with Gasteiger partial charge < -0.3 is 18.9 Å². The van der Waals surface area contributed by atoms with Crippen LogP contribution in [0, 0.1) is 0 Å². The lowest BCUT2D eigenvalue weighted by Gasteiger charge is -2.25. The summed E-state index contributed by atoms with van der Waals surface area (Å²) >= 11 is 0. The Balaban J connectivity index is 0.921. The lowest BCUT2D eigenvalue weighted by molar-refractivity contribution is 0.570. The first-order valence-corrected chi connectivity index (χ1v) is 29.0. The van der Waals surface area contributed by atoms with Crippen LogP contribution in [0.15, 0.2) is 218 Å². The summed E-state index contributed by atoms with van der Waals surface area (Å²) in [5, 5.41) is 5.38. The summed E-state index contributed by atoms with van der Waals surface area (Å²) in [5.41, 5.74) is 17.0. The van der Waals surface area contributed by atoms with Gasteiger partial charge in [-0.1, -0.05) is 224 Å². The zero-order valence-corrected chi connectivity index (χ0v) is 45.8. The lowest BCUT2D eigenvalue weighted by Crippen LogP contribution is -2.09. The van der Waals surface area contributed by atoms with Gasteiger partial charge in [0.25, 0.3) is 0 Å². The number of anilines is 6. The van der Waals surface area contributed by atoms with Gasteiger partial charge in [0.05, 0.1) is 0 Å². The molecule has 4 heteroatoms. The van der Waals surface area contributed by atoms with Gasteiger partial charge in [0.1, 0.15) is 0 Å². The van der Waals surface area contributed by atoms with E-state index in [-0.39, 0.29) is 0 Å². The maximum atomic E-state index is 2.65. The third kappa shape index (κ3) is 11.8. The molecule has 0 fully saturated rings. The van der Waals surface area contributed by atoms with Crippen LogP contribution in [0.1, 0.15) is 113 Å². The van der Waals surface area contributed by atoms with Gasteiger partial charge in [0.2, 0.25) is 0 Å². The third-order valence-corrected chi connectivity index (χ3v) is 15.7. The minimum absolute atomic E-state index is 1.01. The molecule has 11 aromatic rings. The maximum absolute atomic E-state index is 2.65. The molecule has 78 heavy (non-hydrogen) atoms. The van der Waals surface area contributed by atoms with Crippen molar-refractivity contribution in [2.24, 2.45) is 0 Å². The first-order valence-electron chi connectivity index (χ1n) is 29.0. The number of aromatic nitrogens is 2. The van der Waals surface area contributed by atoms with Crippen molar-refractivity contribution in [2.75, 3.05) is 9.80 Å². The number of unbranched alkanes of at least 4 members (excludes halogenated alkanes) is 10. The van der Waals surface area contributed by atoms with E-state index < -0.39 is 0 Å². The summed E-state index contributed by atoms with van der Waals surface area (Å²) in [5.74, 6) is 0. The molecule has 9 aromatic carbocycles. The fraction of sp³-hybridized carbons (Fsp3) is 0.216. The Labute approximate surface area is 463 Å². The molecule has 2 aromatic heterocycles. The van der Waals surface area contributed by atoms with Crippen molar-refractivity contribution in [1.29, 1.82) is 0 Å². The van der Waals surface area contributed by atoms with Crippen molar-refractivity contribution >= 4 is 102 Å². The second kappa shape index (κ2) is 25.2. The highest BCUT2D eigenvalue weighted by molar-refractivity contribution is 6.18. The van der Waals surface area contributed by atoms with Crippen molar-refractivity contribution in [3.63, 3.8) is 0 Å². The first kappa shape index (κ1) is 51.8. The highest BCUT2D eigenvalue weighted by Gasteiger charge is 2.19. The normalized spacial score (nSPS) is 11.8. The number of rotatable bonds is 24. The first-order chi connectivity index (χ1) is 38.6. The molecule has 0 saturated heterocycles. The van der Waals surface area contributed by atoms with Crippen molar-refractivity contribution in [1.82, 2.24) is 9.13 Å². The Bertz CT molecular complexity index is 3410. The molecule has 0 aliphatic heterocycles. The summed E-state index contributed by atoms with van der Waals surface area (Å²) in [4.78, 5) is 4.63. The molecule has 0 spiro atoms. The van der Waals surface area contributed by atoms with Crippen LogP contribution in [0.2, 0.25) is 0 Å². The molecule has 2 heterocycles. The zero-order chi connectivity index (χ0) is 52.9. The minimum atomic E-state index is 1.01. The quantitative estimate of drug-likeness (QED) is 0.0443. The Morgan fingerprint density at radius 1 is 0.269 bits per heavy atom. The minimum Gasteiger partial charge on any atom is -0.340 e. The van der Waals surface area contributed by atoms with Gasteiger partial charge in [-0.05, 0) is 132 Å². The van der Waals surface area contributed by atoms with Crippen LogP contribution < -0.4 is 9.80 Å². The van der Waals surface area contributed by atoms with Crippen molar-refractivity contribution in [3.05, 3.63) is 241 Å². The van der Waals surface area contributed by atoms with Gasteiger partial charge in [-0.25, -0.2) is 0 Å². The van der Waals surface area contributed by atoms with Gasteiger partial charge >= 0.3 is 0 Å². The Morgan fingerprint density at radius 2 is 0.551 bits per heavy atom. The van der Waals surface area contributed by atoms with E-state index in [2.05, 4.69) is 275 Å². The zero-order valence-electron chi connectivity index (χ0n) is 45.8. The average molecular weight is 1020 g/mol. The third-order valence-electron chi connectivity index (χ3n) is 15.7. The van der Waals surface area contributed by atoms with Crippen molar-refractivity contribution in [3.8, 4) is 0 Å². The lowest BCUT2D eigenvalue weighted by atomic mass is 10.1. The molecule has 390 valence electrons. The Hall–Kier alpha value is -8.34. The van der Waals surface area contributed by atoms with Crippen LogP contribution in [-0.4, -0.2) is 9.13 Å². The van der Waals surface area contributed by atoms with Crippen LogP contribution in [0.3, 0.4) is 0 Å². The summed E-state index contributed by atoms with van der Waals surface area (Å²) in [6.45, 7) is 6.63. The smallest absolute Gasteiger partial charge is 0.0499 e. The number of nitrogens with zero attached hydrogens (tertiary/aromatic N) is 4. The van der Waals surface area contributed by atoms with E-state index in [1.54, 1.807) is 0 Å². The highest BCUT2D eigenvalue weighted by atomic mass is 15.1. The number of fused-ring (bicyclic) bond motifs is 6. The SMILES string of the molecule is CCCCCCCCn1c2cc(/C=C/c3ccc(N(c4ccccc4)c4ccccc4)cc3)ccc2c2cc3c(cc21)c1ccc(/C=C/c2ccc(N(c4ccccc4)c4ccccc4)cc2)cc1n3CCCCCCCC. The van der Waals surface area contributed by atoms with Crippen LogP contribution in [0.4, 0.5) is 34.1 Å². The van der Waals surface area contributed by atoms with Crippen LogP contribution in [-0.2, 0) is 13.1 Å². The standard InChI is InChI=1S/C74H74N4/c1-3-5-7-9-11-25-51-75-71-53-59(37-35-57-39-45-65(46-40-57)77(61-27-17-13-18-28-61)62-29-19-14-20-30-62)43-49-67(71)69-56-74-70(55-73(69)75)68-50-44-60(54-72(68)76(74)52-26-12-10-8-6-4-2)38-36-58-41-47-66(48-42-58)78(63-31-21-15-22-32-63)64-33-23-16-24-34-64/h13-24,27-50,53-56H,3-12,25-26,51-52H2,1-2H3/b37-35+,38-36+. The molecular formula is C74H74N4. The molecule has 0 radical (unpaired) electrons. The number of hydrogen-bond donors (Lipinski definition) is 0. The predicted molar refractivity (Wildman–Crippen MR) is 339 cm³/mol. The number of benzene rings is 9. The van der Waals surface area contributed by atoms with Gasteiger partial charge in [0.15, 0.2) is 0 Å². The number of para-hydroxylation sites is 4. The topological polar surface area (TPSA) is 16.3 Å². The largest absolute Gasteiger partial charge is 0.340 e. The van der Waals surface area contributed by atoms with Crippen LogP contribution in [0.25, 0.3) is 67.9 Å². The molecule has 0 saturated carbocycles. The molecule has 0 atom stereocenters. The van der Waals surface area contributed by atoms with E-state index in [0.717, 1.165) is 47.2 Å². The van der Waals surface area contributed by atoms with E-state index >= 15 is 0 Å². The maximum Gasteiger partial charge on any atom is 0.0499 e. The molecule has 11 rings (SSSR count).